The van der Waals surface area contributed by atoms with Crippen LogP contribution < -0.4 is 0 Å². The zero-order chi connectivity index (χ0) is 17.3. The van der Waals surface area contributed by atoms with Crippen molar-refractivity contribution in [2.24, 2.45) is 11.8 Å². The zero-order valence-electron chi connectivity index (χ0n) is 15.7. The van der Waals surface area contributed by atoms with E-state index >= 15 is 0 Å². The van der Waals surface area contributed by atoms with E-state index in [4.69, 9.17) is 4.74 Å². The van der Waals surface area contributed by atoms with Gasteiger partial charge in [-0.15, -0.1) is 0 Å². The van der Waals surface area contributed by atoms with E-state index in [9.17, 15) is 5.11 Å². The van der Waals surface area contributed by atoms with Crippen molar-refractivity contribution in [2.45, 2.75) is 57.2 Å². The molecule has 0 radical (unpaired) electrons. The van der Waals surface area contributed by atoms with E-state index in [-0.39, 0.29) is 0 Å². The van der Waals surface area contributed by atoms with Crippen LogP contribution in [0.1, 0.15) is 51.0 Å². The summed E-state index contributed by atoms with van der Waals surface area (Å²) in [6, 6.07) is 10.3. The minimum Gasteiger partial charge on any atom is -0.382 e. The first-order valence-electron chi connectivity index (χ1n) is 10.4. The monoisotopic (exact) mass is 344 g/mol. The lowest BCUT2D eigenvalue weighted by molar-refractivity contribution is -0.945. The molecule has 25 heavy (non-hydrogen) atoms. The molecule has 0 aromatic heterocycles. The van der Waals surface area contributed by atoms with Gasteiger partial charge in [0, 0.05) is 18.8 Å². The fraction of sp³-hybridized carbons (Fsp3) is 0.727. The van der Waals surface area contributed by atoms with Gasteiger partial charge in [-0.2, -0.15) is 0 Å². The number of likely N-dealkylation sites (N-methyl/N-ethyl adjacent to an activating group) is 1. The highest BCUT2D eigenvalue weighted by Crippen LogP contribution is 2.42. The fourth-order valence-corrected chi connectivity index (χ4v) is 5.66. The van der Waals surface area contributed by atoms with Crippen LogP contribution in [0, 0.1) is 11.8 Å². The summed E-state index contributed by atoms with van der Waals surface area (Å²) in [5.74, 6) is 1.04. The third kappa shape index (κ3) is 3.27. The van der Waals surface area contributed by atoms with E-state index in [0.29, 0.717) is 24.5 Å². The van der Waals surface area contributed by atoms with Crippen LogP contribution >= 0.6 is 0 Å². The van der Waals surface area contributed by atoms with Crippen molar-refractivity contribution in [2.75, 3.05) is 32.8 Å². The Kier molecular flexibility index (Phi) is 4.91. The van der Waals surface area contributed by atoms with Crippen molar-refractivity contribution in [3.8, 4) is 0 Å². The van der Waals surface area contributed by atoms with Gasteiger partial charge in [0.15, 0.2) is 0 Å². The van der Waals surface area contributed by atoms with Crippen LogP contribution in [0.4, 0.5) is 0 Å². The van der Waals surface area contributed by atoms with Crippen LogP contribution in [0.15, 0.2) is 30.3 Å². The number of quaternary nitrogens is 1. The van der Waals surface area contributed by atoms with Gasteiger partial charge in [0.05, 0.1) is 26.2 Å². The van der Waals surface area contributed by atoms with Crippen LogP contribution in [-0.4, -0.2) is 48.5 Å². The molecule has 2 atom stereocenters. The van der Waals surface area contributed by atoms with Crippen molar-refractivity contribution in [1.82, 2.24) is 0 Å². The van der Waals surface area contributed by atoms with E-state index in [2.05, 4.69) is 19.1 Å². The highest BCUT2D eigenvalue weighted by Gasteiger charge is 2.47. The molecule has 3 heteroatoms. The van der Waals surface area contributed by atoms with Gasteiger partial charge in [0.25, 0.3) is 0 Å². The second-order valence-electron chi connectivity index (χ2n) is 8.75. The zero-order valence-corrected chi connectivity index (χ0v) is 15.7. The first kappa shape index (κ1) is 17.5. The molecule has 0 spiro atoms. The predicted molar refractivity (Wildman–Crippen MR) is 100 cm³/mol. The molecule has 1 N–H and O–H groups in total. The summed E-state index contributed by atoms with van der Waals surface area (Å²) in [5.41, 5.74) is 0.225. The largest absolute Gasteiger partial charge is 0.382 e. The third-order valence-electron chi connectivity index (χ3n) is 7.53. The molecule has 0 unspecified atom stereocenters. The summed E-state index contributed by atoms with van der Waals surface area (Å²) in [6.45, 7) is 7.81. The minimum atomic E-state index is -0.819. The lowest BCUT2D eigenvalue weighted by atomic mass is 9.80. The maximum atomic E-state index is 11.7. The summed E-state index contributed by atoms with van der Waals surface area (Å²) in [4.78, 5) is 0. The average Bonchev–Trinajstić information content (AvgIpc) is 3.23. The molecule has 138 valence electrons. The Morgan fingerprint density at radius 3 is 2.40 bits per heavy atom. The number of hydrogen-bond donors (Lipinski definition) is 1. The van der Waals surface area contributed by atoms with E-state index < -0.39 is 5.60 Å². The van der Waals surface area contributed by atoms with E-state index in [0.717, 1.165) is 24.9 Å². The maximum Gasteiger partial charge on any atom is 0.116 e. The molecule has 4 fully saturated rings. The molecule has 2 bridgehead atoms. The quantitative estimate of drug-likeness (QED) is 0.797. The number of hydrogen-bond acceptors (Lipinski definition) is 2. The van der Waals surface area contributed by atoms with E-state index in [1.807, 2.05) is 18.2 Å². The Bertz CT molecular complexity index is 561. The Labute approximate surface area is 152 Å². The van der Waals surface area contributed by atoms with Crippen LogP contribution in [0.25, 0.3) is 0 Å². The maximum absolute atomic E-state index is 11.7. The molecule has 3 aliphatic heterocycles. The molecular formula is C22H34NO2+. The molecule has 3 nitrogen and oxygen atoms in total. The Hall–Kier alpha value is -0.900. The minimum absolute atomic E-state index is 0.332. The second-order valence-corrected chi connectivity index (χ2v) is 8.75. The van der Waals surface area contributed by atoms with E-state index in [1.54, 1.807) is 0 Å². The molecule has 1 aromatic rings. The number of rotatable bonds is 6. The molecule has 3 saturated heterocycles. The third-order valence-corrected chi connectivity index (χ3v) is 7.53. The van der Waals surface area contributed by atoms with Crippen molar-refractivity contribution >= 4 is 0 Å². The molecular weight excluding hydrogens is 310 g/mol. The molecule has 1 aromatic carbocycles. The number of fused-ring (bicyclic) bond motifs is 3. The van der Waals surface area contributed by atoms with Gasteiger partial charge in [-0.05, 0) is 31.2 Å². The number of aliphatic hydroxyl groups is 1. The van der Waals surface area contributed by atoms with Crippen molar-refractivity contribution in [1.29, 1.82) is 0 Å². The molecule has 1 aliphatic carbocycles. The molecule has 1 saturated carbocycles. The van der Waals surface area contributed by atoms with Crippen molar-refractivity contribution in [3.05, 3.63) is 35.9 Å². The summed E-state index contributed by atoms with van der Waals surface area (Å²) in [6.07, 6.45) is 7.65. The number of piperidine rings is 3. The lowest BCUT2D eigenvalue weighted by Gasteiger charge is -2.52. The number of ether oxygens (including phenoxy) is 1. The van der Waals surface area contributed by atoms with Crippen molar-refractivity contribution in [3.63, 3.8) is 0 Å². The SMILES string of the molecule is CC[N+]12CCC(CC1)[C@@H](OC[C@](O)(c1ccccc1)C1CCCC1)C2. The van der Waals surface area contributed by atoms with Crippen LogP contribution in [-0.2, 0) is 10.3 Å². The van der Waals surface area contributed by atoms with Crippen LogP contribution in [0.3, 0.4) is 0 Å². The van der Waals surface area contributed by atoms with Gasteiger partial charge in [-0.1, -0.05) is 43.2 Å². The van der Waals surface area contributed by atoms with Gasteiger partial charge >= 0.3 is 0 Å². The first-order valence-corrected chi connectivity index (χ1v) is 10.4. The van der Waals surface area contributed by atoms with Crippen molar-refractivity contribution < 1.29 is 14.3 Å². The Morgan fingerprint density at radius 2 is 1.76 bits per heavy atom. The van der Waals surface area contributed by atoms with Gasteiger partial charge < -0.3 is 14.3 Å². The molecule has 4 aliphatic rings. The average molecular weight is 345 g/mol. The summed E-state index contributed by atoms with van der Waals surface area (Å²) in [7, 11) is 0. The van der Waals surface area contributed by atoms with Gasteiger partial charge in [-0.3, -0.25) is 0 Å². The highest BCUT2D eigenvalue weighted by molar-refractivity contribution is 5.24. The smallest absolute Gasteiger partial charge is 0.116 e. The molecule has 3 heterocycles. The Balaban J connectivity index is 1.50. The molecule has 0 amide bonds. The second kappa shape index (κ2) is 7.02. The number of nitrogens with zero attached hydrogens (tertiary/aromatic N) is 1. The first-order chi connectivity index (χ1) is 12.2. The number of benzene rings is 1. The standard InChI is InChI=1S/C22H34NO2/c1-2-23-14-12-18(13-15-23)21(16-23)25-17-22(24,20-10-6-7-11-20)19-8-4-3-5-9-19/h3-5,8-9,18,20-21,24H,2,6-7,10-17H2,1H3/q+1/t18?,21-,22-,23?/m0/s1. The summed E-state index contributed by atoms with van der Waals surface area (Å²) in [5, 5.41) is 11.7. The lowest BCUT2D eigenvalue weighted by Crippen LogP contribution is -2.64. The highest BCUT2D eigenvalue weighted by atomic mass is 16.5. The van der Waals surface area contributed by atoms with Gasteiger partial charge in [-0.25, -0.2) is 0 Å². The topological polar surface area (TPSA) is 29.5 Å². The normalized spacial score (nSPS) is 35.0. The van der Waals surface area contributed by atoms with Gasteiger partial charge in [0.2, 0.25) is 0 Å². The van der Waals surface area contributed by atoms with Gasteiger partial charge in [0.1, 0.15) is 18.2 Å². The Morgan fingerprint density at radius 1 is 1.08 bits per heavy atom. The fourth-order valence-electron chi connectivity index (χ4n) is 5.66. The van der Waals surface area contributed by atoms with E-state index in [1.165, 1.54) is 49.8 Å². The van der Waals surface area contributed by atoms with Crippen LogP contribution in [0.2, 0.25) is 0 Å². The predicted octanol–water partition coefficient (Wildman–Crippen LogP) is 3.71. The summed E-state index contributed by atoms with van der Waals surface area (Å²) >= 11 is 0. The summed E-state index contributed by atoms with van der Waals surface area (Å²) < 4.78 is 7.74. The van der Waals surface area contributed by atoms with Crippen LogP contribution in [0.5, 0.6) is 0 Å². The molecule has 5 rings (SSSR count).